The molecule has 1 aromatic heterocycles. The lowest BCUT2D eigenvalue weighted by Gasteiger charge is -2.20. The normalized spacial score (nSPS) is 12.8. The Morgan fingerprint density at radius 3 is 2.61 bits per heavy atom. The van der Waals surface area contributed by atoms with Crippen LogP contribution in [-0.2, 0) is 0 Å². The van der Waals surface area contributed by atoms with Crippen molar-refractivity contribution in [2.24, 2.45) is 0 Å². The lowest BCUT2D eigenvalue weighted by atomic mass is 10.2. The number of amides is 1. The van der Waals surface area contributed by atoms with Gasteiger partial charge in [0.1, 0.15) is 5.69 Å². The van der Waals surface area contributed by atoms with E-state index in [0.717, 1.165) is 4.47 Å². The topological polar surface area (TPSA) is 45.5 Å². The summed E-state index contributed by atoms with van der Waals surface area (Å²) in [5.74, 6) is -0.0185. The fourth-order valence-electron chi connectivity index (χ4n) is 1.72. The maximum Gasteiger partial charge on any atom is 0.270 e. The van der Waals surface area contributed by atoms with E-state index in [-0.39, 0.29) is 18.1 Å². The van der Waals surface area contributed by atoms with E-state index in [0.29, 0.717) is 18.7 Å². The van der Waals surface area contributed by atoms with Crippen molar-refractivity contribution in [3.8, 4) is 0 Å². The second kappa shape index (κ2) is 6.38. The minimum absolute atomic E-state index is 0.0185. The molecule has 1 N–H and O–H groups in total. The van der Waals surface area contributed by atoms with Crippen LogP contribution in [0.4, 0.5) is 0 Å². The molecule has 1 unspecified atom stereocenters. The lowest BCUT2D eigenvalue weighted by Crippen LogP contribution is -2.31. The predicted molar refractivity (Wildman–Crippen MR) is 75.8 cm³/mol. The molecule has 0 aliphatic rings. The van der Waals surface area contributed by atoms with Gasteiger partial charge < -0.3 is 14.6 Å². The quantitative estimate of drug-likeness (QED) is 0.907. The van der Waals surface area contributed by atoms with Gasteiger partial charge >= 0.3 is 0 Å². The number of aromatic nitrogens is 1. The van der Waals surface area contributed by atoms with Crippen molar-refractivity contribution in [3.63, 3.8) is 0 Å². The van der Waals surface area contributed by atoms with Crippen molar-refractivity contribution in [2.75, 3.05) is 13.6 Å². The van der Waals surface area contributed by atoms with Crippen LogP contribution in [0.3, 0.4) is 0 Å². The van der Waals surface area contributed by atoms with Crippen LogP contribution in [0.2, 0.25) is 0 Å². The molecule has 1 rings (SSSR count). The number of nitrogens with zero attached hydrogens (tertiary/aromatic N) is 2. The maximum absolute atomic E-state index is 12.3. The maximum atomic E-state index is 12.3. The molecule has 0 saturated carbocycles. The van der Waals surface area contributed by atoms with E-state index >= 15 is 0 Å². The molecule has 1 amide bonds. The number of halogens is 1. The number of rotatable bonds is 5. The molecule has 4 nitrogen and oxygen atoms in total. The molecule has 0 bridgehead atoms. The summed E-state index contributed by atoms with van der Waals surface area (Å²) in [6.45, 7) is 6.36. The Labute approximate surface area is 117 Å². The lowest BCUT2D eigenvalue weighted by molar-refractivity contribution is 0.0757. The molecular formula is C13H21BrN2O2. The highest BCUT2D eigenvalue weighted by Gasteiger charge is 2.18. The van der Waals surface area contributed by atoms with Crippen molar-refractivity contribution < 1.29 is 9.90 Å². The fourth-order valence-corrected chi connectivity index (χ4v) is 2.16. The summed E-state index contributed by atoms with van der Waals surface area (Å²) in [6, 6.07) is 2.07. The minimum Gasteiger partial charge on any atom is -0.393 e. The zero-order chi connectivity index (χ0) is 13.9. The number of hydrogen-bond acceptors (Lipinski definition) is 2. The van der Waals surface area contributed by atoms with Gasteiger partial charge in [-0.2, -0.15) is 0 Å². The number of aliphatic hydroxyl groups is 1. The number of aliphatic hydroxyl groups excluding tert-OH is 1. The zero-order valence-electron chi connectivity index (χ0n) is 11.4. The molecule has 102 valence electrons. The summed E-state index contributed by atoms with van der Waals surface area (Å²) < 4.78 is 2.86. The van der Waals surface area contributed by atoms with Crippen LogP contribution in [0.5, 0.6) is 0 Å². The molecule has 1 atom stereocenters. The Bertz CT molecular complexity index is 413. The Morgan fingerprint density at radius 2 is 2.11 bits per heavy atom. The molecule has 0 aromatic carbocycles. The summed E-state index contributed by atoms with van der Waals surface area (Å²) >= 11 is 3.40. The van der Waals surface area contributed by atoms with Crippen LogP contribution in [0, 0.1) is 0 Å². The van der Waals surface area contributed by atoms with E-state index in [1.807, 2.05) is 30.7 Å². The molecule has 0 aliphatic heterocycles. The van der Waals surface area contributed by atoms with E-state index in [9.17, 15) is 9.90 Å². The number of carbonyl (C=O) groups excluding carboxylic acids is 1. The average molecular weight is 317 g/mol. The third-order valence-electron chi connectivity index (χ3n) is 2.82. The SMILES string of the molecule is CC(O)CCN(C)C(=O)c1cc(Br)cn1C(C)C. The summed E-state index contributed by atoms with van der Waals surface area (Å²) in [6.07, 6.45) is 2.12. The molecule has 0 saturated heterocycles. The van der Waals surface area contributed by atoms with E-state index < -0.39 is 0 Å². The predicted octanol–water partition coefficient (Wildman–Crippen LogP) is 2.67. The minimum atomic E-state index is -0.385. The van der Waals surface area contributed by atoms with E-state index in [4.69, 9.17) is 0 Å². The van der Waals surface area contributed by atoms with Crippen LogP contribution in [-0.4, -0.2) is 40.2 Å². The molecule has 5 heteroatoms. The molecular weight excluding hydrogens is 296 g/mol. The number of carbonyl (C=O) groups is 1. The van der Waals surface area contributed by atoms with E-state index in [2.05, 4.69) is 15.9 Å². The smallest absolute Gasteiger partial charge is 0.270 e. The second-order valence-corrected chi connectivity index (χ2v) is 5.82. The molecule has 1 heterocycles. The van der Waals surface area contributed by atoms with Gasteiger partial charge in [0.2, 0.25) is 0 Å². The Balaban J connectivity index is 2.83. The third kappa shape index (κ3) is 3.85. The van der Waals surface area contributed by atoms with Crippen LogP contribution in [0.25, 0.3) is 0 Å². The highest BCUT2D eigenvalue weighted by molar-refractivity contribution is 9.10. The molecule has 0 aliphatic carbocycles. The first-order chi connectivity index (χ1) is 8.32. The second-order valence-electron chi connectivity index (χ2n) is 4.91. The van der Waals surface area contributed by atoms with Crippen molar-refractivity contribution >= 4 is 21.8 Å². The van der Waals surface area contributed by atoms with Crippen molar-refractivity contribution in [1.82, 2.24) is 9.47 Å². The van der Waals surface area contributed by atoms with Crippen molar-refractivity contribution in [1.29, 1.82) is 0 Å². The largest absolute Gasteiger partial charge is 0.393 e. The zero-order valence-corrected chi connectivity index (χ0v) is 12.9. The first-order valence-corrected chi connectivity index (χ1v) is 6.93. The van der Waals surface area contributed by atoms with Gasteiger partial charge in [0.15, 0.2) is 0 Å². The van der Waals surface area contributed by atoms with Crippen LogP contribution < -0.4 is 0 Å². The van der Waals surface area contributed by atoms with Crippen LogP contribution >= 0.6 is 15.9 Å². The van der Waals surface area contributed by atoms with E-state index in [1.54, 1.807) is 18.9 Å². The molecule has 0 fully saturated rings. The monoisotopic (exact) mass is 316 g/mol. The van der Waals surface area contributed by atoms with Gasteiger partial charge in [0.25, 0.3) is 5.91 Å². The first-order valence-electron chi connectivity index (χ1n) is 6.13. The van der Waals surface area contributed by atoms with Gasteiger partial charge in [-0.3, -0.25) is 4.79 Å². The summed E-state index contributed by atoms with van der Waals surface area (Å²) in [5.41, 5.74) is 0.671. The van der Waals surface area contributed by atoms with Crippen LogP contribution in [0.1, 0.15) is 43.7 Å². The summed E-state index contributed by atoms with van der Waals surface area (Å²) in [4.78, 5) is 13.9. The van der Waals surface area contributed by atoms with Crippen molar-refractivity contribution in [3.05, 3.63) is 22.4 Å². The summed E-state index contributed by atoms with van der Waals surface area (Å²) in [5, 5.41) is 9.25. The molecule has 0 spiro atoms. The molecule has 0 radical (unpaired) electrons. The van der Waals surface area contributed by atoms with Gasteiger partial charge in [-0.05, 0) is 49.2 Å². The van der Waals surface area contributed by atoms with Gasteiger partial charge in [0, 0.05) is 30.3 Å². The average Bonchev–Trinajstić information content (AvgIpc) is 2.67. The van der Waals surface area contributed by atoms with Gasteiger partial charge in [-0.1, -0.05) is 0 Å². The van der Waals surface area contributed by atoms with Gasteiger partial charge in [-0.15, -0.1) is 0 Å². The van der Waals surface area contributed by atoms with Crippen molar-refractivity contribution in [2.45, 2.75) is 39.3 Å². The number of hydrogen-bond donors (Lipinski definition) is 1. The fraction of sp³-hybridized carbons (Fsp3) is 0.615. The molecule has 1 aromatic rings. The molecule has 18 heavy (non-hydrogen) atoms. The Morgan fingerprint density at radius 1 is 1.50 bits per heavy atom. The first kappa shape index (κ1) is 15.2. The van der Waals surface area contributed by atoms with E-state index in [1.165, 1.54) is 0 Å². The highest BCUT2D eigenvalue weighted by Crippen LogP contribution is 2.20. The standard InChI is InChI=1S/C13H21BrN2O2/c1-9(2)16-8-11(14)7-12(16)13(18)15(4)6-5-10(3)17/h7-10,17H,5-6H2,1-4H3. The highest BCUT2D eigenvalue weighted by atomic mass is 79.9. The Kier molecular flexibility index (Phi) is 5.41. The third-order valence-corrected chi connectivity index (χ3v) is 3.25. The van der Waals surface area contributed by atoms with Crippen LogP contribution in [0.15, 0.2) is 16.7 Å². The Hall–Kier alpha value is -0.810. The summed E-state index contributed by atoms with van der Waals surface area (Å²) in [7, 11) is 1.76. The van der Waals surface area contributed by atoms with Gasteiger partial charge in [0.05, 0.1) is 6.10 Å². The van der Waals surface area contributed by atoms with Gasteiger partial charge in [-0.25, -0.2) is 0 Å².